The Morgan fingerprint density at radius 2 is 1.68 bits per heavy atom. The van der Waals surface area contributed by atoms with Crippen LogP contribution >= 0.6 is 0 Å². The molecular weight excluding hydrogens is 282 g/mol. The van der Waals surface area contributed by atoms with Gasteiger partial charge in [-0.1, -0.05) is 30.3 Å². The van der Waals surface area contributed by atoms with Gasteiger partial charge in [0.1, 0.15) is 17.0 Å². The molecule has 0 aliphatic heterocycles. The zero-order chi connectivity index (χ0) is 15.5. The average Bonchev–Trinajstić information content (AvgIpc) is 2.82. The van der Waals surface area contributed by atoms with Crippen LogP contribution in [-0.2, 0) is 0 Å². The minimum atomic E-state index is -0.472. The fourth-order valence-corrected chi connectivity index (χ4v) is 2.02. The molecule has 3 rings (SSSR count). The van der Waals surface area contributed by atoms with Gasteiger partial charge in [0.05, 0.1) is 5.69 Å². The highest BCUT2D eigenvalue weighted by Crippen LogP contribution is 2.25. The summed E-state index contributed by atoms with van der Waals surface area (Å²) in [5.74, 6) is -0.243. The fraction of sp³-hybridized carbons (Fsp3) is 0. The summed E-state index contributed by atoms with van der Waals surface area (Å²) in [7, 11) is 0. The number of aromatic amines is 1. The molecule has 0 bridgehead atoms. The van der Waals surface area contributed by atoms with Gasteiger partial charge in [0.2, 0.25) is 5.88 Å². The molecule has 22 heavy (non-hydrogen) atoms. The van der Waals surface area contributed by atoms with Crippen molar-refractivity contribution in [2.75, 3.05) is 0 Å². The van der Waals surface area contributed by atoms with Gasteiger partial charge >= 0.3 is 0 Å². The predicted octanol–water partition coefficient (Wildman–Crippen LogP) is 2.33. The van der Waals surface area contributed by atoms with E-state index >= 15 is 0 Å². The number of aromatic nitrogens is 2. The molecule has 0 aliphatic carbocycles. The largest absolute Gasteiger partial charge is 0.506 e. The highest BCUT2D eigenvalue weighted by atomic mass is 16.3. The number of benzene rings is 2. The van der Waals surface area contributed by atoms with Crippen LogP contribution in [0.25, 0.3) is 5.69 Å². The second kappa shape index (κ2) is 5.61. The zero-order valence-electron chi connectivity index (χ0n) is 11.5. The molecule has 2 aromatic carbocycles. The Bertz CT molecular complexity index is 879. The van der Waals surface area contributed by atoms with E-state index in [4.69, 9.17) is 0 Å². The first-order valence-electron chi connectivity index (χ1n) is 6.58. The van der Waals surface area contributed by atoms with Crippen LogP contribution in [0, 0.1) is 0 Å². The highest BCUT2D eigenvalue weighted by molar-refractivity contribution is 5.85. The minimum Gasteiger partial charge on any atom is -0.506 e. The standard InChI is InChI=1S/C16H13N3O3/c20-14-9-5-4-8-13(14)17-10-12-15(21)18-19(16(12)22)11-6-2-1-3-7-11/h1-10,20,22H,(H,18,21). The van der Waals surface area contributed by atoms with Gasteiger partial charge in [-0.3, -0.25) is 14.9 Å². The summed E-state index contributed by atoms with van der Waals surface area (Å²) in [5, 5.41) is 22.4. The molecule has 3 N–H and O–H groups in total. The van der Waals surface area contributed by atoms with E-state index in [-0.39, 0.29) is 17.2 Å². The third kappa shape index (κ3) is 2.49. The molecule has 1 aromatic heterocycles. The topological polar surface area (TPSA) is 90.6 Å². The van der Waals surface area contributed by atoms with E-state index < -0.39 is 5.56 Å². The van der Waals surface area contributed by atoms with Crippen molar-refractivity contribution in [3.05, 3.63) is 70.5 Å². The molecule has 0 atom stereocenters. The summed E-state index contributed by atoms with van der Waals surface area (Å²) in [6.45, 7) is 0. The van der Waals surface area contributed by atoms with Crippen molar-refractivity contribution in [1.82, 2.24) is 9.78 Å². The average molecular weight is 295 g/mol. The number of rotatable bonds is 3. The summed E-state index contributed by atoms with van der Waals surface area (Å²) < 4.78 is 1.27. The van der Waals surface area contributed by atoms with Crippen molar-refractivity contribution >= 4 is 11.9 Å². The molecule has 0 saturated carbocycles. The Labute approximate surface area is 125 Å². The van der Waals surface area contributed by atoms with Gasteiger partial charge in [-0.25, -0.2) is 4.68 Å². The van der Waals surface area contributed by atoms with Crippen molar-refractivity contribution in [3.63, 3.8) is 0 Å². The van der Waals surface area contributed by atoms with Crippen molar-refractivity contribution in [2.24, 2.45) is 4.99 Å². The van der Waals surface area contributed by atoms with Gasteiger partial charge in [-0.15, -0.1) is 0 Å². The smallest absolute Gasteiger partial charge is 0.277 e. The van der Waals surface area contributed by atoms with Gasteiger partial charge < -0.3 is 10.2 Å². The zero-order valence-corrected chi connectivity index (χ0v) is 11.5. The van der Waals surface area contributed by atoms with Crippen LogP contribution in [0.15, 0.2) is 64.4 Å². The molecule has 0 aliphatic rings. The Hall–Kier alpha value is -3.28. The summed E-state index contributed by atoms with van der Waals surface area (Å²) >= 11 is 0. The molecule has 3 aromatic rings. The number of para-hydroxylation sites is 3. The molecule has 0 unspecified atom stereocenters. The van der Waals surface area contributed by atoms with Crippen LogP contribution in [0.1, 0.15) is 5.56 Å². The number of hydrogen-bond donors (Lipinski definition) is 3. The lowest BCUT2D eigenvalue weighted by molar-refractivity contribution is 0.433. The van der Waals surface area contributed by atoms with Crippen LogP contribution in [0.5, 0.6) is 11.6 Å². The molecule has 1 heterocycles. The van der Waals surface area contributed by atoms with E-state index in [9.17, 15) is 15.0 Å². The first-order valence-corrected chi connectivity index (χ1v) is 6.58. The Balaban J connectivity index is 2.01. The van der Waals surface area contributed by atoms with Crippen LogP contribution in [0.3, 0.4) is 0 Å². The van der Waals surface area contributed by atoms with Gasteiger partial charge in [-0.2, -0.15) is 0 Å². The van der Waals surface area contributed by atoms with Crippen molar-refractivity contribution < 1.29 is 10.2 Å². The number of nitrogens with one attached hydrogen (secondary N) is 1. The fourth-order valence-electron chi connectivity index (χ4n) is 2.02. The summed E-state index contributed by atoms with van der Waals surface area (Å²) in [4.78, 5) is 16.0. The molecule has 0 amide bonds. The maximum Gasteiger partial charge on any atom is 0.277 e. The normalized spacial score (nSPS) is 11.1. The molecule has 0 fully saturated rings. The van der Waals surface area contributed by atoms with Crippen molar-refractivity contribution in [2.45, 2.75) is 0 Å². The number of hydrogen-bond acceptors (Lipinski definition) is 4. The third-order valence-electron chi connectivity index (χ3n) is 3.14. The first-order chi connectivity index (χ1) is 10.7. The maximum atomic E-state index is 12.0. The number of phenolic OH excluding ortho intramolecular Hbond substituents is 1. The van der Waals surface area contributed by atoms with E-state index in [0.29, 0.717) is 11.4 Å². The second-order valence-electron chi connectivity index (χ2n) is 4.60. The monoisotopic (exact) mass is 295 g/mol. The van der Waals surface area contributed by atoms with E-state index in [0.717, 1.165) is 0 Å². The van der Waals surface area contributed by atoms with E-state index in [1.807, 2.05) is 6.07 Å². The Kier molecular flexibility index (Phi) is 3.49. The SMILES string of the molecule is O=c1[nH]n(-c2ccccc2)c(O)c1C=Nc1ccccc1O. The summed E-state index contributed by atoms with van der Waals surface area (Å²) in [6, 6.07) is 15.4. The van der Waals surface area contributed by atoms with E-state index in [2.05, 4.69) is 10.1 Å². The molecule has 0 spiro atoms. The molecule has 0 radical (unpaired) electrons. The molecule has 110 valence electrons. The Morgan fingerprint density at radius 3 is 2.41 bits per heavy atom. The number of phenols is 1. The molecule has 6 heteroatoms. The van der Waals surface area contributed by atoms with Gasteiger partial charge in [0.15, 0.2) is 0 Å². The van der Waals surface area contributed by atoms with Gasteiger partial charge in [0, 0.05) is 6.21 Å². The number of H-pyrrole nitrogens is 1. The molecular formula is C16H13N3O3. The second-order valence-corrected chi connectivity index (χ2v) is 4.60. The summed E-state index contributed by atoms with van der Waals surface area (Å²) in [6.07, 6.45) is 1.22. The van der Waals surface area contributed by atoms with E-state index in [1.165, 1.54) is 17.0 Å². The molecule has 6 nitrogen and oxygen atoms in total. The predicted molar refractivity (Wildman–Crippen MR) is 83.4 cm³/mol. The van der Waals surface area contributed by atoms with Crippen LogP contribution < -0.4 is 5.56 Å². The van der Waals surface area contributed by atoms with Crippen LogP contribution in [0.4, 0.5) is 5.69 Å². The number of aromatic hydroxyl groups is 2. The summed E-state index contributed by atoms with van der Waals surface area (Å²) in [5.41, 5.74) is 0.487. The Morgan fingerprint density at radius 1 is 1.00 bits per heavy atom. The number of aliphatic imine (C=N–C) groups is 1. The maximum absolute atomic E-state index is 12.0. The van der Waals surface area contributed by atoms with Gasteiger partial charge in [-0.05, 0) is 24.3 Å². The van der Waals surface area contributed by atoms with Gasteiger partial charge in [0.25, 0.3) is 5.56 Å². The lowest BCUT2D eigenvalue weighted by Crippen LogP contribution is -2.06. The van der Waals surface area contributed by atoms with Crippen molar-refractivity contribution in [1.29, 1.82) is 0 Å². The highest BCUT2D eigenvalue weighted by Gasteiger charge is 2.13. The molecule has 0 saturated heterocycles. The van der Waals surface area contributed by atoms with Crippen molar-refractivity contribution in [3.8, 4) is 17.3 Å². The van der Waals surface area contributed by atoms with Crippen LogP contribution in [-0.4, -0.2) is 26.2 Å². The van der Waals surface area contributed by atoms with Crippen LogP contribution in [0.2, 0.25) is 0 Å². The lowest BCUT2D eigenvalue weighted by Gasteiger charge is -2.03. The van der Waals surface area contributed by atoms with E-state index in [1.54, 1.807) is 42.5 Å². The first kappa shape index (κ1) is 13.7. The quantitative estimate of drug-likeness (QED) is 0.648. The third-order valence-corrected chi connectivity index (χ3v) is 3.14. The lowest BCUT2D eigenvalue weighted by atomic mass is 10.3. The number of nitrogens with zero attached hydrogens (tertiary/aromatic N) is 2. The minimum absolute atomic E-state index is 0.00263.